The van der Waals surface area contributed by atoms with Gasteiger partial charge in [-0.25, -0.2) is 4.79 Å². The van der Waals surface area contributed by atoms with E-state index in [1.54, 1.807) is 24.3 Å². The Labute approximate surface area is 154 Å². The van der Waals surface area contributed by atoms with Gasteiger partial charge >= 0.3 is 12.6 Å². The smallest absolute Gasteiger partial charge is 0.387 e. The van der Waals surface area contributed by atoms with E-state index in [0.29, 0.717) is 11.3 Å². The molecule has 0 fully saturated rings. The minimum Gasteiger partial charge on any atom is -0.497 e. The second-order valence-electron chi connectivity index (χ2n) is 5.38. The minimum absolute atomic E-state index is 0.0304. The molecule has 0 aliphatic rings. The van der Waals surface area contributed by atoms with Crippen LogP contribution in [0.5, 0.6) is 17.2 Å². The summed E-state index contributed by atoms with van der Waals surface area (Å²) >= 11 is 0. The Bertz CT molecular complexity index is 804. The lowest BCUT2D eigenvalue weighted by atomic mass is 10.1. The quantitative estimate of drug-likeness (QED) is 0.513. The van der Waals surface area contributed by atoms with Crippen LogP contribution in [0.3, 0.4) is 0 Å². The lowest BCUT2D eigenvalue weighted by Crippen LogP contribution is -2.24. The van der Waals surface area contributed by atoms with Crippen molar-refractivity contribution < 1.29 is 37.3 Å². The molecule has 0 unspecified atom stereocenters. The molecule has 0 saturated carbocycles. The van der Waals surface area contributed by atoms with Crippen LogP contribution in [-0.2, 0) is 4.74 Å². The van der Waals surface area contributed by atoms with Gasteiger partial charge in [-0.3, -0.25) is 4.79 Å². The number of Topliss-reactive ketones (excluding diaryl/α,β-unsaturated/α-hetero) is 1. The van der Waals surface area contributed by atoms with Crippen LogP contribution in [0, 0.1) is 0 Å². The van der Waals surface area contributed by atoms with Crippen molar-refractivity contribution in [3.8, 4) is 17.2 Å². The molecule has 2 rings (SSSR count). The lowest BCUT2D eigenvalue weighted by Gasteiger charge is -2.14. The molecule has 0 aliphatic carbocycles. The van der Waals surface area contributed by atoms with E-state index in [2.05, 4.69) is 4.74 Å². The predicted molar refractivity (Wildman–Crippen MR) is 91.8 cm³/mol. The monoisotopic (exact) mass is 380 g/mol. The average molecular weight is 380 g/mol. The summed E-state index contributed by atoms with van der Waals surface area (Å²) in [5.41, 5.74) is 0.386. The van der Waals surface area contributed by atoms with Gasteiger partial charge in [-0.2, -0.15) is 8.78 Å². The zero-order valence-electron chi connectivity index (χ0n) is 14.9. The molecule has 2 aromatic rings. The summed E-state index contributed by atoms with van der Waals surface area (Å²) in [6.07, 6.45) is -1.05. The average Bonchev–Trinajstić information content (AvgIpc) is 2.67. The maximum absolute atomic E-state index is 12.4. The summed E-state index contributed by atoms with van der Waals surface area (Å²) < 4.78 is 44.1. The molecule has 0 aliphatic heterocycles. The van der Waals surface area contributed by atoms with Gasteiger partial charge in [-0.05, 0) is 49.4 Å². The van der Waals surface area contributed by atoms with Crippen LogP contribution < -0.4 is 14.2 Å². The van der Waals surface area contributed by atoms with Gasteiger partial charge in [0.05, 0.1) is 19.8 Å². The maximum Gasteiger partial charge on any atom is 0.387 e. The minimum atomic E-state index is -3.03. The zero-order valence-corrected chi connectivity index (χ0v) is 14.9. The molecule has 0 saturated heterocycles. The Morgan fingerprint density at radius 1 is 0.889 bits per heavy atom. The third-order valence-corrected chi connectivity index (χ3v) is 3.64. The van der Waals surface area contributed by atoms with Crippen molar-refractivity contribution in [1.29, 1.82) is 0 Å². The highest BCUT2D eigenvalue weighted by atomic mass is 19.3. The number of ether oxygens (including phenoxy) is 4. The van der Waals surface area contributed by atoms with Gasteiger partial charge in [-0.15, -0.1) is 0 Å². The van der Waals surface area contributed by atoms with Crippen molar-refractivity contribution in [2.24, 2.45) is 0 Å². The fraction of sp³-hybridized carbons (Fsp3) is 0.263. The SMILES string of the molecule is COc1ccc(C(=O)[C@@H](C)OC(=O)c2ccc(OC(F)F)c(OC)c2)cc1. The van der Waals surface area contributed by atoms with Crippen molar-refractivity contribution in [3.63, 3.8) is 0 Å². The first-order chi connectivity index (χ1) is 12.8. The van der Waals surface area contributed by atoms with Crippen molar-refractivity contribution in [2.75, 3.05) is 14.2 Å². The highest BCUT2D eigenvalue weighted by molar-refractivity contribution is 6.01. The van der Waals surface area contributed by atoms with E-state index in [4.69, 9.17) is 14.2 Å². The molecule has 0 amide bonds. The van der Waals surface area contributed by atoms with E-state index < -0.39 is 24.5 Å². The molecule has 27 heavy (non-hydrogen) atoms. The summed E-state index contributed by atoms with van der Waals surface area (Å²) in [5.74, 6) is -0.874. The number of hydrogen-bond donors (Lipinski definition) is 0. The molecular weight excluding hydrogens is 362 g/mol. The zero-order chi connectivity index (χ0) is 20.0. The van der Waals surface area contributed by atoms with E-state index >= 15 is 0 Å². The van der Waals surface area contributed by atoms with Crippen molar-refractivity contribution in [1.82, 2.24) is 0 Å². The van der Waals surface area contributed by atoms with Gasteiger partial charge in [-0.1, -0.05) is 0 Å². The molecule has 144 valence electrons. The number of halogens is 2. The number of ketones is 1. The number of carbonyl (C=O) groups excluding carboxylic acids is 2. The number of alkyl halides is 2. The predicted octanol–water partition coefficient (Wildman–Crippen LogP) is 3.73. The van der Waals surface area contributed by atoms with Gasteiger partial charge in [0.2, 0.25) is 5.78 Å². The number of hydrogen-bond acceptors (Lipinski definition) is 6. The fourth-order valence-electron chi connectivity index (χ4n) is 2.26. The molecule has 0 bridgehead atoms. The number of carbonyl (C=O) groups is 2. The van der Waals surface area contributed by atoms with Crippen LogP contribution in [0.4, 0.5) is 8.78 Å². The Hall–Kier alpha value is -3.16. The molecule has 8 heteroatoms. The molecular formula is C19H18F2O6. The largest absolute Gasteiger partial charge is 0.497 e. The van der Waals surface area contributed by atoms with E-state index in [1.165, 1.54) is 33.3 Å². The fourth-order valence-corrected chi connectivity index (χ4v) is 2.26. The van der Waals surface area contributed by atoms with Crippen LogP contribution in [0.2, 0.25) is 0 Å². The summed E-state index contributed by atoms with van der Waals surface area (Å²) in [7, 11) is 2.76. The van der Waals surface area contributed by atoms with E-state index in [0.717, 1.165) is 6.07 Å². The van der Waals surface area contributed by atoms with Crippen LogP contribution in [0.1, 0.15) is 27.6 Å². The van der Waals surface area contributed by atoms with Gasteiger partial charge in [0, 0.05) is 5.56 Å². The lowest BCUT2D eigenvalue weighted by molar-refractivity contribution is -0.0512. The topological polar surface area (TPSA) is 71.1 Å². The molecule has 6 nitrogen and oxygen atoms in total. The molecule has 0 spiro atoms. The number of rotatable bonds is 8. The van der Waals surface area contributed by atoms with Crippen LogP contribution >= 0.6 is 0 Å². The normalized spacial score (nSPS) is 11.6. The molecule has 0 radical (unpaired) electrons. The number of benzene rings is 2. The first-order valence-corrected chi connectivity index (χ1v) is 7.87. The number of methoxy groups -OCH3 is 2. The molecule has 0 aromatic heterocycles. The Morgan fingerprint density at radius 3 is 2.07 bits per heavy atom. The number of esters is 1. The van der Waals surface area contributed by atoms with Gasteiger partial charge in [0.25, 0.3) is 0 Å². The summed E-state index contributed by atoms with van der Waals surface area (Å²) in [6.45, 7) is -1.59. The molecule has 2 aromatic carbocycles. The Kier molecular flexibility index (Phi) is 6.70. The van der Waals surface area contributed by atoms with Crippen molar-refractivity contribution in [3.05, 3.63) is 53.6 Å². The van der Waals surface area contributed by atoms with E-state index in [1.807, 2.05) is 0 Å². The van der Waals surface area contributed by atoms with Crippen LogP contribution in [-0.4, -0.2) is 38.7 Å². The van der Waals surface area contributed by atoms with Crippen LogP contribution in [0.25, 0.3) is 0 Å². The first kappa shape index (κ1) is 20.2. The summed E-state index contributed by atoms with van der Waals surface area (Å²) in [6, 6.07) is 9.97. The Morgan fingerprint density at radius 2 is 1.52 bits per heavy atom. The van der Waals surface area contributed by atoms with E-state index in [-0.39, 0.29) is 17.1 Å². The van der Waals surface area contributed by atoms with Crippen molar-refractivity contribution in [2.45, 2.75) is 19.6 Å². The second kappa shape index (κ2) is 8.98. The van der Waals surface area contributed by atoms with E-state index in [9.17, 15) is 18.4 Å². The third kappa shape index (κ3) is 5.16. The highest BCUT2D eigenvalue weighted by Crippen LogP contribution is 2.29. The maximum atomic E-state index is 12.4. The molecule has 1 atom stereocenters. The first-order valence-electron chi connectivity index (χ1n) is 7.87. The summed E-state index contributed by atoms with van der Waals surface area (Å²) in [5, 5.41) is 0. The standard InChI is InChI=1S/C19H18F2O6/c1-11(17(22)12-4-7-14(24-2)8-5-12)26-18(23)13-6-9-15(27-19(20)21)16(10-13)25-3/h4-11,19H,1-3H3/t11-/m1/s1. The molecule has 0 N–H and O–H groups in total. The second-order valence-corrected chi connectivity index (χ2v) is 5.38. The van der Waals surface area contributed by atoms with Gasteiger partial charge in [0.15, 0.2) is 17.6 Å². The third-order valence-electron chi connectivity index (χ3n) is 3.64. The summed E-state index contributed by atoms with van der Waals surface area (Å²) in [4.78, 5) is 24.6. The van der Waals surface area contributed by atoms with Gasteiger partial charge < -0.3 is 18.9 Å². The van der Waals surface area contributed by atoms with Gasteiger partial charge in [0.1, 0.15) is 5.75 Å². The Balaban J connectivity index is 2.09. The van der Waals surface area contributed by atoms with Crippen molar-refractivity contribution >= 4 is 11.8 Å². The highest BCUT2D eigenvalue weighted by Gasteiger charge is 2.22. The molecule has 0 heterocycles. The van der Waals surface area contributed by atoms with Crippen LogP contribution in [0.15, 0.2) is 42.5 Å².